The van der Waals surface area contributed by atoms with Crippen molar-refractivity contribution in [3.05, 3.63) is 24.3 Å². The third-order valence-electron chi connectivity index (χ3n) is 5.88. The molecule has 8 nitrogen and oxygen atoms in total. The van der Waals surface area contributed by atoms with Crippen LogP contribution < -0.4 is 0 Å². The molecule has 168 valence electrons. The molecule has 2 aliphatic heterocycles. The molecule has 1 aromatic heterocycles. The van der Waals surface area contributed by atoms with E-state index >= 15 is 0 Å². The number of aromatic amines is 1. The third-order valence-corrected chi connectivity index (χ3v) is 8.62. The highest BCUT2D eigenvalue weighted by atomic mass is 32.2. The van der Waals surface area contributed by atoms with Gasteiger partial charge in [-0.3, -0.25) is 9.89 Å². The number of H-pyrrole nitrogens is 1. The van der Waals surface area contributed by atoms with Gasteiger partial charge in [-0.2, -0.15) is 4.31 Å². The molecule has 0 unspecified atom stereocenters. The summed E-state index contributed by atoms with van der Waals surface area (Å²) in [6.07, 6.45) is 5.15. The van der Waals surface area contributed by atoms with E-state index in [2.05, 4.69) is 22.1 Å². The van der Waals surface area contributed by atoms with Crippen LogP contribution in [-0.4, -0.2) is 70.6 Å². The summed E-state index contributed by atoms with van der Waals surface area (Å²) >= 11 is 1.32. The number of sulfonamides is 1. The SMILES string of the molecule is C[C@@H]1CCCN(C(=O)CSc2n[nH]c(-c3ccc(S(=O)(=O)N4CCCCC4)cc3)n2)C1. The summed E-state index contributed by atoms with van der Waals surface area (Å²) in [4.78, 5) is 19.1. The summed E-state index contributed by atoms with van der Waals surface area (Å²) in [5.74, 6) is 1.55. The lowest BCUT2D eigenvalue weighted by atomic mass is 10.0. The minimum Gasteiger partial charge on any atom is -0.342 e. The van der Waals surface area contributed by atoms with E-state index in [1.807, 2.05) is 4.90 Å². The van der Waals surface area contributed by atoms with Crippen molar-refractivity contribution in [2.75, 3.05) is 31.9 Å². The molecule has 1 atom stereocenters. The number of amides is 1. The monoisotopic (exact) mass is 463 g/mol. The normalized spacial score (nSPS) is 20.7. The molecular formula is C21H29N5O3S2. The van der Waals surface area contributed by atoms with Gasteiger partial charge < -0.3 is 4.90 Å². The quantitative estimate of drug-likeness (QED) is 0.661. The molecule has 2 fully saturated rings. The van der Waals surface area contributed by atoms with E-state index in [1.165, 1.54) is 18.2 Å². The molecule has 0 saturated carbocycles. The Morgan fingerprint density at radius 2 is 1.87 bits per heavy atom. The maximum absolute atomic E-state index is 12.8. The van der Waals surface area contributed by atoms with E-state index in [0.29, 0.717) is 40.6 Å². The topological polar surface area (TPSA) is 99.3 Å². The van der Waals surface area contributed by atoms with Crippen LogP contribution in [0.25, 0.3) is 11.4 Å². The van der Waals surface area contributed by atoms with Gasteiger partial charge in [0.2, 0.25) is 21.1 Å². The Labute approximate surface area is 187 Å². The summed E-state index contributed by atoms with van der Waals surface area (Å²) < 4.78 is 27.1. The molecule has 0 radical (unpaired) electrons. The van der Waals surface area contributed by atoms with Gasteiger partial charge in [-0.05, 0) is 55.9 Å². The standard InChI is InChI=1S/C21H29N5O3S2/c1-16-6-5-11-25(14-16)19(27)15-30-21-22-20(23-24-21)17-7-9-18(10-8-17)31(28,29)26-12-3-2-4-13-26/h7-10,16H,2-6,11-15H2,1H3,(H,22,23,24)/t16-/m1/s1. The van der Waals surface area contributed by atoms with Gasteiger partial charge in [0.15, 0.2) is 5.82 Å². The van der Waals surface area contributed by atoms with Crippen molar-refractivity contribution in [3.8, 4) is 11.4 Å². The second-order valence-electron chi connectivity index (χ2n) is 8.33. The second-order valence-corrected chi connectivity index (χ2v) is 11.2. The minimum atomic E-state index is -3.45. The molecule has 0 aliphatic carbocycles. The van der Waals surface area contributed by atoms with Crippen LogP contribution in [0.15, 0.2) is 34.3 Å². The van der Waals surface area contributed by atoms with Crippen LogP contribution in [0, 0.1) is 5.92 Å². The highest BCUT2D eigenvalue weighted by Gasteiger charge is 2.26. The van der Waals surface area contributed by atoms with Crippen LogP contribution in [-0.2, 0) is 14.8 Å². The van der Waals surface area contributed by atoms with Crippen molar-refractivity contribution < 1.29 is 13.2 Å². The highest BCUT2D eigenvalue weighted by Crippen LogP contribution is 2.25. The molecule has 31 heavy (non-hydrogen) atoms. The van der Waals surface area contributed by atoms with Crippen molar-refractivity contribution in [2.45, 2.75) is 49.1 Å². The Hall–Kier alpha value is -1.91. The molecule has 0 spiro atoms. The lowest BCUT2D eigenvalue weighted by Gasteiger charge is -2.30. The van der Waals surface area contributed by atoms with Crippen LogP contribution in [0.5, 0.6) is 0 Å². The van der Waals surface area contributed by atoms with Crippen LogP contribution in [0.3, 0.4) is 0 Å². The Balaban J connectivity index is 1.37. The van der Waals surface area contributed by atoms with Gasteiger partial charge >= 0.3 is 0 Å². The highest BCUT2D eigenvalue weighted by molar-refractivity contribution is 7.99. The van der Waals surface area contributed by atoms with Crippen molar-refractivity contribution in [2.24, 2.45) is 5.92 Å². The largest absolute Gasteiger partial charge is 0.342 e. The molecular weight excluding hydrogens is 434 g/mol. The Morgan fingerprint density at radius 1 is 1.13 bits per heavy atom. The van der Waals surface area contributed by atoms with Crippen LogP contribution >= 0.6 is 11.8 Å². The van der Waals surface area contributed by atoms with Gasteiger partial charge in [0, 0.05) is 31.7 Å². The van der Waals surface area contributed by atoms with E-state index in [0.717, 1.165) is 44.3 Å². The molecule has 1 aromatic carbocycles. The fraction of sp³-hybridized carbons (Fsp3) is 0.571. The minimum absolute atomic E-state index is 0.121. The first-order chi connectivity index (χ1) is 14.9. The molecule has 4 rings (SSSR count). The van der Waals surface area contributed by atoms with Crippen molar-refractivity contribution >= 4 is 27.7 Å². The zero-order valence-corrected chi connectivity index (χ0v) is 19.4. The zero-order valence-electron chi connectivity index (χ0n) is 17.8. The van der Waals surface area contributed by atoms with Crippen molar-refractivity contribution in [3.63, 3.8) is 0 Å². The first-order valence-corrected chi connectivity index (χ1v) is 13.3. The lowest BCUT2D eigenvalue weighted by molar-refractivity contribution is -0.130. The molecule has 0 bridgehead atoms. The fourth-order valence-electron chi connectivity index (χ4n) is 4.11. The number of nitrogens with zero attached hydrogens (tertiary/aromatic N) is 4. The molecule has 10 heteroatoms. The number of carbonyl (C=O) groups excluding carboxylic acids is 1. The smallest absolute Gasteiger partial charge is 0.243 e. The molecule has 1 N–H and O–H groups in total. The van der Waals surface area contributed by atoms with Gasteiger partial charge in [0.25, 0.3) is 0 Å². The van der Waals surface area contributed by atoms with Gasteiger partial charge in [0.1, 0.15) is 0 Å². The molecule has 2 aliphatic rings. The van der Waals surface area contributed by atoms with Gasteiger partial charge in [-0.1, -0.05) is 25.1 Å². The van der Waals surface area contributed by atoms with Crippen LogP contribution in [0.1, 0.15) is 39.0 Å². The lowest BCUT2D eigenvalue weighted by Crippen LogP contribution is -2.40. The first-order valence-electron chi connectivity index (χ1n) is 10.9. The Kier molecular flexibility index (Phi) is 6.98. The van der Waals surface area contributed by atoms with Gasteiger partial charge in [-0.25, -0.2) is 13.4 Å². The maximum atomic E-state index is 12.8. The van der Waals surface area contributed by atoms with Crippen molar-refractivity contribution in [1.82, 2.24) is 24.4 Å². The Morgan fingerprint density at radius 3 is 2.58 bits per heavy atom. The summed E-state index contributed by atoms with van der Waals surface area (Å²) in [5, 5.41) is 7.60. The number of hydrogen-bond donors (Lipinski definition) is 1. The number of benzene rings is 1. The predicted octanol–water partition coefficient (Wildman–Crippen LogP) is 3.00. The average molecular weight is 464 g/mol. The van der Waals surface area contributed by atoms with E-state index < -0.39 is 10.0 Å². The average Bonchev–Trinajstić information content (AvgIpc) is 3.27. The molecule has 3 heterocycles. The van der Waals surface area contributed by atoms with E-state index in [1.54, 1.807) is 28.6 Å². The number of likely N-dealkylation sites (tertiary alicyclic amines) is 1. The number of rotatable bonds is 6. The molecule has 2 saturated heterocycles. The summed E-state index contributed by atoms with van der Waals surface area (Å²) in [7, 11) is -3.45. The number of thioether (sulfide) groups is 1. The summed E-state index contributed by atoms with van der Waals surface area (Å²) in [5.41, 5.74) is 0.758. The first kappa shape index (κ1) is 22.3. The van der Waals surface area contributed by atoms with Crippen molar-refractivity contribution in [1.29, 1.82) is 0 Å². The second kappa shape index (κ2) is 9.70. The fourth-order valence-corrected chi connectivity index (χ4v) is 6.33. The number of aromatic nitrogens is 3. The Bertz CT molecular complexity index is 1000. The maximum Gasteiger partial charge on any atom is 0.243 e. The van der Waals surface area contributed by atoms with E-state index in [-0.39, 0.29) is 5.91 Å². The van der Waals surface area contributed by atoms with Gasteiger partial charge in [0.05, 0.1) is 10.6 Å². The van der Waals surface area contributed by atoms with E-state index in [9.17, 15) is 13.2 Å². The zero-order chi connectivity index (χ0) is 21.8. The number of nitrogens with one attached hydrogen (secondary N) is 1. The molecule has 1 amide bonds. The third kappa shape index (κ3) is 5.30. The van der Waals surface area contributed by atoms with Crippen LogP contribution in [0.4, 0.5) is 0 Å². The molecule has 2 aromatic rings. The summed E-state index contributed by atoms with van der Waals surface area (Å²) in [6.45, 7) is 5.00. The number of piperidine rings is 2. The summed E-state index contributed by atoms with van der Waals surface area (Å²) in [6, 6.07) is 6.73. The number of hydrogen-bond acceptors (Lipinski definition) is 6. The van der Waals surface area contributed by atoms with E-state index in [4.69, 9.17) is 0 Å². The predicted molar refractivity (Wildman–Crippen MR) is 120 cm³/mol. The van der Waals surface area contributed by atoms with Crippen LogP contribution in [0.2, 0.25) is 0 Å². The number of carbonyl (C=O) groups is 1. The van der Waals surface area contributed by atoms with Gasteiger partial charge in [-0.15, -0.1) is 5.10 Å².